The Bertz CT molecular complexity index is 1040. The highest BCUT2D eigenvalue weighted by molar-refractivity contribution is 7.13. The zero-order valence-corrected chi connectivity index (χ0v) is 16.7. The van der Waals surface area contributed by atoms with Crippen molar-refractivity contribution in [2.75, 3.05) is 37.7 Å². The van der Waals surface area contributed by atoms with Gasteiger partial charge in [-0.25, -0.2) is 24.1 Å². The van der Waals surface area contributed by atoms with E-state index in [0.29, 0.717) is 42.7 Å². The molecule has 154 valence electrons. The maximum atomic E-state index is 13.9. The minimum absolute atomic E-state index is 0.111. The number of thiazole rings is 1. The van der Waals surface area contributed by atoms with E-state index >= 15 is 0 Å². The summed E-state index contributed by atoms with van der Waals surface area (Å²) in [5.41, 5.74) is 0.636. The van der Waals surface area contributed by atoms with Crippen LogP contribution in [0.15, 0.2) is 48.1 Å². The Kier molecular flexibility index (Phi) is 5.94. The zero-order chi connectivity index (χ0) is 20.9. The van der Waals surface area contributed by atoms with E-state index in [2.05, 4.69) is 15.0 Å². The summed E-state index contributed by atoms with van der Waals surface area (Å²) < 4.78 is 19.0. The first-order chi connectivity index (χ1) is 14.6. The first-order valence-electron chi connectivity index (χ1n) is 9.29. The highest BCUT2D eigenvalue weighted by atomic mass is 32.1. The Morgan fingerprint density at radius 1 is 1.07 bits per heavy atom. The average Bonchev–Trinajstić information content (AvgIpc) is 3.29. The molecule has 0 atom stereocenters. The van der Waals surface area contributed by atoms with Crippen LogP contribution in [0, 0.1) is 5.82 Å². The van der Waals surface area contributed by atoms with Gasteiger partial charge in [0.1, 0.15) is 5.82 Å². The normalized spacial score (nSPS) is 13.9. The Labute approximate surface area is 176 Å². The molecule has 1 aliphatic heterocycles. The van der Waals surface area contributed by atoms with E-state index in [1.54, 1.807) is 46.9 Å². The molecule has 1 saturated heterocycles. The van der Waals surface area contributed by atoms with E-state index in [1.807, 2.05) is 4.90 Å². The Hall–Kier alpha value is -3.40. The summed E-state index contributed by atoms with van der Waals surface area (Å²) in [5, 5.41) is 2.05. The fourth-order valence-electron chi connectivity index (χ4n) is 3.08. The number of piperazine rings is 1. The van der Waals surface area contributed by atoms with Gasteiger partial charge in [-0.15, -0.1) is 11.3 Å². The van der Waals surface area contributed by atoms with E-state index in [-0.39, 0.29) is 24.0 Å². The fraction of sp³-hybridized carbons (Fsp3) is 0.250. The molecular formula is C20H18FN5O3S. The lowest BCUT2D eigenvalue weighted by atomic mass is 10.2. The number of ether oxygens (including phenoxy) is 1. The summed E-state index contributed by atoms with van der Waals surface area (Å²) in [4.78, 5) is 40.5. The fourth-order valence-corrected chi connectivity index (χ4v) is 3.81. The summed E-state index contributed by atoms with van der Waals surface area (Å²) >= 11 is 1.22. The molecule has 1 fully saturated rings. The predicted octanol–water partition coefficient (Wildman–Crippen LogP) is 2.24. The molecule has 2 aromatic heterocycles. The van der Waals surface area contributed by atoms with Crippen molar-refractivity contribution in [3.8, 4) is 10.8 Å². The number of halogens is 1. The number of hydrogen-bond acceptors (Lipinski definition) is 8. The van der Waals surface area contributed by atoms with Gasteiger partial charge in [0.25, 0.3) is 5.91 Å². The summed E-state index contributed by atoms with van der Waals surface area (Å²) in [6.45, 7) is 1.50. The molecule has 0 spiro atoms. The molecule has 1 aliphatic rings. The van der Waals surface area contributed by atoms with Crippen LogP contribution in [0.4, 0.5) is 10.1 Å². The van der Waals surface area contributed by atoms with E-state index in [4.69, 9.17) is 4.74 Å². The number of anilines is 1. The summed E-state index contributed by atoms with van der Waals surface area (Å²) in [6.07, 6.45) is 3.18. The van der Waals surface area contributed by atoms with Gasteiger partial charge in [0.15, 0.2) is 23.1 Å². The summed E-state index contributed by atoms with van der Waals surface area (Å²) in [5.74, 6) is -0.828. The van der Waals surface area contributed by atoms with Crippen LogP contribution in [0.25, 0.3) is 10.8 Å². The van der Waals surface area contributed by atoms with Crippen molar-refractivity contribution in [3.05, 3.63) is 59.6 Å². The van der Waals surface area contributed by atoms with Gasteiger partial charge in [-0.2, -0.15) is 0 Å². The van der Waals surface area contributed by atoms with Crippen LogP contribution in [0.2, 0.25) is 0 Å². The number of carbonyl (C=O) groups excluding carboxylic acids is 2. The maximum absolute atomic E-state index is 13.9. The van der Waals surface area contributed by atoms with E-state index in [9.17, 15) is 14.0 Å². The molecule has 3 heterocycles. The number of para-hydroxylation sites is 1. The minimum atomic E-state index is -0.674. The topological polar surface area (TPSA) is 88.5 Å². The van der Waals surface area contributed by atoms with Crippen LogP contribution in [-0.4, -0.2) is 64.5 Å². The standard InChI is InChI=1S/C20H18FN5O3S/c21-14-4-1-2-5-16(14)25-8-10-26(11-9-25)17(27)12-29-20(28)15-13-30-19(24-15)18-22-6-3-7-23-18/h1-7,13H,8-12H2. The number of aromatic nitrogens is 3. The van der Waals surface area contributed by atoms with Gasteiger partial charge in [0.2, 0.25) is 0 Å². The third-order valence-corrected chi connectivity index (χ3v) is 5.46. The highest BCUT2D eigenvalue weighted by Gasteiger charge is 2.24. The number of rotatable bonds is 5. The molecule has 10 heteroatoms. The number of benzene rings is 1. The summed E-state index contributed by atoms with van der Waals surface area (Å²) in [6, 6.07) is 8.25. The Balaban J connectivity index is 1.28. The number of esters is 1. The largest absolute Gasteiger partial charge is 0.451 e. The van der Waals surface area contributed by atoms with Crippen molar-refractivity contribution in [1.29, 1.82) is 0 Å². The molecule has 0 N–H and O–H groups in total. The molecule has 1 amide bonds. The van der Waals surface area contributed by atoms with Gasteiger partial charge < -0.3 is 14.5 Å². The quantitative estimate of drug-likeness (QED) is 0.577. The number of hydrogen-bond donors (Lipinski definition) is 0. The second-order valence-electron chi connectivity index (χ2n) is 6.51. The molecule has 1 aromatic carbocycles. The third kappa shape index (κ3) is 4.43. The lowest BCUT2D eigenvalue weighted by Crippen LogP contribution is -2.50. The van der Waals surface area contributed by atoms with Crippen molar-refractivity contribution in [1.82, 2.24) is 19.9 Å². The molecule has 4 rings (SSSR count). The van der Waals surface area contributed by atoms with Crippen molar-refractivity contribution >= 4 is 28.9 Å². The first-order valence-corrected chi connectivity index (χ1v) is 10.2. The van der Waals surface area contributed by atoms with Crippen molar-refractivity contribution in [3.63, 3.8) is 0 Å². The van der Waals surface area contributed by atoms with Crippen LogP contribution in [0.3, 0.4) is 0 Å². The van der Waals surface area contributed by atoms with Crippen LogP contribution in [0.1, 0.15) is 10.5 Å². The molecule has 0 unspecified atom stereocenters. The molecule has 0 saturated carbocycles. The average molecular weight is 427 g/mol. The smallest absolute Gasteiger partial charge is 0.358 e. The monoisotopic (exact) mass is 427 g/mol. The van der Waals surface area contributed by atoms with Gasteiger partial charge in [-0.05, 0) is 18.2 Å². The van der Waals surface area contributed by atoms with Crippen LogP contribution < -0.4 is 4.90 Å². The lowest BCUT2D eigenvalue weighted by Gasteiger charge is -2.36. The SMILES string of the molecule is O=C(OCC(=O)N1CCN(c2ccccc2F)CC1)c1csc(-c2ncccn2)n1. The lowest BCUT2D eigenvalue weighted by molar-refractivity contribution is -0.134. The highest BCUT2D eigenvalue weighted by Crippen LogP contribution is 2.21. The van der Waals surface area contributed by atoms with Crippen molar-refractivity contribution in [2.24, 2.45) is 0 Å². The van der Waals surface area contributed by atoms with E-state index < -0.39 is 5.97 Å². The third-order valence-electron chi connectivity index (χ3n) is 4.62. The molecule has 0 bridgehead atoms. The van der Waals surface area contributed by atoms with Crippen molar-refractivity contribution in [2.45, 2.75) is 0 Å². The second-order valence-corrected chi connectivity index (χ2v) is 7.36. The molecule has 8 nitrogen and oxygen atoms in total. The zero-order valence-electron chi connectivity index (χ0n) is 15.9. The molecule has 0 aliphatic carbocycles. The molecule has 3 aromatic rings. The van der Waals surface area contributed by atoms with Gasteiger partial charge in [0.05, 0.1) is 5.69 Å². The van der Waals surface area contributed by atoms with Gasteiger partial charge in [-0.1, -0.05) is 12.1 Å². The van der Waals surface area contributed by atoms with Crippen LogP contribution in [0.5, 0.6) is 0 Å². The minimum Gasteiger partial charge on any atom is -0.451 e. The maximum Gasteiger partial charge on any atom is 0.358 e. The first kappa shape index (κ1) is 19.9. The predicted molar refractivity (Wildman–Crippen MR) is 109 cm³/mol. The van der Waals surface area contributed by atoms with Gasteiger partial charge >= 0.3 is 5.97 Å². The van der Waals surface area contributed by atoms with E-state index in [1.165, 1.54) is 17.4 Å². The van der Waals surface area contributed by atoms with Crippen LogP contribution in [-0.2, 0) is 9.53 Å². The number of nitrogens with zero attached hydrogens (tertiary/aromatic N) is 5. The molecule has 30 heavy (non-hydrogen) atoms. The summed E-state index contributed by atoms with van der Waals surface area (Å²) in [7, 11) is 0. The van der Waals surface area contributed by atoms with Gasteiger partial charge in [-0.3, -0.25) is 4.79 Å². The van der Waals surface area contributed by atoms with Gasteiger partial charge in [0, 0.05) is 44.0 Å². The number of carbonyl (C=O) groups is 2. The van der Waals surface area contributed by atoms with E-state index in [0.717, 1.165) is 0 Å². The van der Waals surface area contributed by atoms with Crippen LogP contribution >= 0.6 is 11.3 Å². The number of amides is 1. The second kappa shape index (κ2) is 8.95. The molecular weight excluding hydrogens is 409 g/mol. The van der Waals surface area contributed by atoms with Crippen molar-refractivity contribution < 1.29 is 18.7 Å². The molecule has 0 radical (unpaired) electrons. The Morgan fingerprint density at radius 3 is 2.53 bits per heavy atom. The Morgan fingerprint density at radius 2 is 1.80 bits per heavy atom.